The fourth-order valence-electron chi connectivity index (χ4n) is 3.69. The largest absolute Gasteiger partial charge is 0.488 e. The zero-order valence-electron chi connectivity index (χ0n) is 19.2. The van der Waals surface area contributed by atoms with Gasteiger partial charge in [0.15, 0.2) is 5.82 Å². The summed E-state index contributed by atoms with van der Waals surface area (Å²) in [6.07, 6.45) is 1.60. The Labute approximate surface area is 226 Å². The average Bonchev–Trinajstić information content (AvgIpc) is 3.37. The lowest BCUT2D eigenvalue weighted by molar-refractivity contribution is -0.131. The number of carbonyl (C=O) groups is 1. The maximum absolute atomic E-state index is 12.3. The summed E-state index contributed by atoms with van der Waals surface area (Å²) in [7, 11) is 0. The van der Waals surface area contributed by atoms with Crippen LogP contribution in [0.3, 0.4) is 0 Å². The van der Waals surface area contributed by atoms with Crippen molar-refractivity contribution in [3.63, 3.8) is 0 Å². The molecule has 1 aromatic heterocycles. The van der Waals surface area contributed by atoms with Gasteiger partial charge in [0, 0.05) is 21.2 Å². The molecule has 6 nitrogen and oxygen atoms in total. The number of hydrogen-bond donors (Lipinski definition) is 2. The van der Waals surface area contributed by atoms with E-state index in [2.05, 4.69) is 15.2 Å². The highest BCUT2D eigenvalue weighted by Gasteiger charge is 2.17. The van der Waals surface area contributed by atoms with E-state index in [0.29, 0.717) is 33.8 Å². The van der Waals surface area contributed by atoms with Crippen LogP contribution in [0.5, 0.6) is 5.75 Å². The third-order valence-corrected chi connectivity index (χ3v) is 6.89. The van der Waals surface area contributed by atoms with Crippen molar-refractivity contribution in [3.05, 3.63) is 111 Å². The normalized spacial score (nSPS) is 11.6. The minimum atomic E-state index is -1.10. The Morgan fingerprint density at radius 2 is 1.65 bits per heavy atom. The average molecular weight is 548 g/mol. The van der Waals surface area contributed by atoms with Gasteiger partial charge in [-0.25, -0.2) is 9.78 Å². The number of thioether (sulfide) groups is 1. The Kier molecular flexibility index (Phi) is 7.46. The van der Waals surface area contributed by atoms with Gasteiger partial charge in [0.2, 0.25) is 5.16 Å². The van der Waals surface area contributed by atoms with Crippen LogP contribution in [-0.4, -0.2) is 26.3 Å². The zero-order chi connectivity index (χ0) is 25.8. The summed E-state index contributed by atoms with van der Waals surface area (Å²) in [5.41, 5.74) is 2.39. The number of fused-ring (bicyclic) bond motifs is 1. The molecule has 0 aliphatic rings. The lowest BCUT2D eigenvalue weighted by Crippen LogP contribution is -2.00. The van der Waals surface area contributed by atoms with Gasteiger partial charge >= 0.3 is 5.97 Å². The standard InChI is InChI=1S/C28H19Cl2N3O3S/c29-20-10-5-17(6-11-20)16-36-24-14-9-18-3-1-2-4-22(18)23(24)15-25(27(34)35)37-28-31-26(32-33-28)19-7-12-21(30)13-8-19/h1-15H,16H2,(H,34,35)(H,31,32,33)/b25-15-. The summed E-state index contributed by atoms with van der Waals surface area (Å²) in [5, 5.41) is 20.4. The van der Waals surface area contributed by atoms with Crippen LogP contribution in [0.1, 0.15) is 11.1 Å². The highest BCUT2D eigenvalue weighted by atomic mass is 35.5. The monoisotopic (exact) mass is 547 g/mol. The predicted molar refractivity (Wildman–Crippen MR) is 148 cm³/mol. The molecule has 0 amide bonds. The number of aromatic nitrogens is 3. The highest BCUT2D eigenvalue weighted by molar-refractivity contribution is 8.04. The van der Waals surface area contributed by atoms with E-state index in [9.17, 15) is 9.90 Å². The third kappa shape index (κ3) is 5.97. The molecule has 0 spiro atoms. The molecule has 184 valence electrons. The highest BCUT2D eigenvalue weighted by Crippen LogP contribution is 2.35. The summed E-state index contributed by atoms with van der Waals surface area (Å²) < 4.78 is 6.14. The third-order valence-electron chi connectivity index (χ3n) is 5.51. The summed E-state index contributed by atoms with van der Waals surface area (Å²) >= 11 is 12.9. The van der Waals surface area contributed by atoms with Crippen LogP contribution < -0.4 is 4.74 Å². The minimum Gasteiger partial charge on any atom is -0.488 e. The Morgan fingerprint density at radius 3 is 2.38 bits per heavy atom. The molecule has 2 N–H and O–H groups in total. The van der Waals surface area contributed by atoms with Crippen molar-refractivity contribution in [2.45, 2.75) is 11.8 Å². The summed E-state index contributed by atoms with van der Waals surface area (Å²) in [4.78, 5) is 16.8. The number of ether oxygens (including phenoxy) is 1. The van der Waals surface area contributed by atoms with Crippen molar-refractivity contribution >= 4 is 57.8 Å². The number of carboxylic acid groups (broad SMARTS) is 1. The second-order valence-electron chi connectivity index (χ2n) is 8.00. The molecule has 0 radical (unpaired) electrons. The van der Waals surface area contributed by atoms with Gasteiger partial charge in [0.25, 0.3) is 0 Å². The van der Waals surface area contributed by atoms with Crippen molar-refractivity contribution in [2.75, 3.05) is 0 Å². The second kappa shape index (κ2) is 11.1. The number of rotatable bonds is 8. The molecule has 5 rings (SSSR count). The fourth-order valence-corrected chi connectivity index (χ4v) is 4.63. The van der Waals surface area contributed by atoms with Gasteiger partial charge in [0.05, 0.1) is 0 Å². The molecule has 0 unspecified atom stereocenters. The van der Waals surface area contributed by atoms with Crippen LogP contribution in [0.2, 0.25) is 10.0 Å². The maximum Gasteiger partial charge on any atom is 0.342 e. The van der Waals surface area contributed by atoms with E-state index in [0.717, 1.165) is 33.7 Å². The molecule has 4 aromatic carbocycles. The Hall–Kier alpha value is -3.78. The Morgan fingerprint density at radius 1 is 0.946 bits per heavy atom. The first kappa shape index (κ1) is 24.9. The van der Waals surface area contributed by atoms with E-state index in [-0.39, 0.29) is 10.1 Å². The summed E-state index contributed by atoms with van der Waals surface area (Å²) in [6.45, 7) is 0.303. The van der Waals surface area contributed by atoms with Crippen molar-refractivity contribution in [3.8, 4) is 17.1 Å². The number of hydrogen-bond acceptors (Lipinski definition) is 5. The van der Waals surface area contributed by atoms with Crippen LogP contribution >= 0.6 is 35.0 Å². The van der Waals surface area contributed by atoms with Crippen LogP contribution in [0.4, 0.5) is 0 Å². The summed E-state index contributed by atoms with van der Waals surface area (Å²) in [6, 6.07) is 26.0. The molecule has 0 saturated heterocycles. The molecule has 0 aliphatic carbocycles. The number of nitrogens with zero attached hydrogens (tertiary/aromatic N) is 2. The molecule has 0 saturated carbocycles. The van der Waals surface area contributed by atoms with Crippen LogP contribution in [0, 0.1) is 0 Å². The van der Waals surface area contributed by atoms with Gasteiger partial charge in [-0.15, -0.1) is 5.10 Å². The topological polar surface area (TPSA) is 88.1 Å². The molecule has 0 fully saturated rings. The van der Waals surface area contributed by atoms with Gasteiger partial charge in [0.1, 0.15) is 17.3 Å². The van der Waals surface area contributed by atoms with Gasteiger partial charge in [-0.1, -0.05) is 65.7 Å². The van der Waals surface area contributed by atoms with E-state index in [1.807, 2.05) is 60.7 Å². The fraction of sp³-hybridized carbons (Fsp3) is 0.0357. The second-order valence-corrected chi connectivity index (χ2v) is 9.88. The number of aliphatic carboxylic acids is 1. The molecule has 9 heteroatoms. The van der Waals surface area contributed by atoms with Crippen molar-refractivity contribution in [1.29, 1.82) is 0 Å². The molecular formula is C28H19Cl2N3O3S. The minimum absolute atomic E-state index is 0.0503. The van der Waals surface area contributed by atoms with Gasteiger partial charge in [-0.2, -0.15) is 0 Å². The van der Waals surface area contributed by atoms with E-state index in [1.54, 1.807) is 30.3 Å². The Balaban J connectivity index is 1.48. The van der Waals surface area contributed by atoms with Gasteiger partial charge in [-0.3, -0.25) is 5.10 Å². The molecule has 37 heavy (non-hydrogen) atoms. The van der Waals surface area contributed by atoms with Crippen molar-refractivity contribution < 1.29 is 14.6 Å². The molecule has 0 bridgehead atoms. The van der Waals surface area contributed by atoms with Crippen molar-refractivity contribution in [2.24, 2.45) is 0 Å². The maximum atomic E-state index is 12.3. The van der Waals surface area contributed by atoms with Crippen molar-refractivity contribution in [1.82, 2.24) is 15.2 Å². The number of nitrogens with one attached hydrogen (secondary N) is 1. The van der Waals surface area contributed by atoms with E-state index in [1.165, 1.54) is 0 Å². The number of aromatic amines is 1. The molecule has 0 atom stereocenters. The van der Waals surface area contributed by atoms with Crippen LogP contribution in [-0.2, 0) is 11.4 Å². The van der Waals surface area contributed by atoms with Gasteiger partial charge in [-0.05, 0) is 76.6 Å². The molecule has 0 aliphatic heterocycles. The first-order chi connectivity index (χ1) is 18.0. The Bertz CT molecular complexity index is 1600. The quantitative estimate of drug-likeness (QED) is 0.152. The number of H-pyrrole nitrogens is 1. The molecular weight excluding hydrogens is 529 g/mol. The molecule has 1 heterocycles. The number of benzene rings is 4. The lowest BCUT2D eigenvalue weighted by Gasteiger charge is -2.13. The summed E-state index contributed by atoms with van der Waals surface area (Å²) in [5.74, 6) is -0.0229. The smallest absolute Gasteiger partial charge is 0.342 e. The van der Waals surface area contributed by atoms with Crippen LogP contribution in [0.15, 0.2) is 95.0 Å². The number of carboxylic acids is 1. The zero-order valence-corrected chi connectivity index (χ0v) is 21.5. The first-order valence-corrected chi connectivity index (χ1v) is 12.7. The predicted octanol–water partition coefficient (Wildman–Crippen LogP) is 7.73. The SMILES string of the molecule is O=C(O)/C(=C/c1c(OCc2ccc(Cl)cc2)ccc2ccccc12)Sc1n[nH]c(-c2ccc(Cl)cc2)n1. The van der Waals surface area contributed by atoms with E-state index >= 15 is 0 Å². The molecule has 5 aromatic rings. The number of halogens is 2. The van der Waals surface area contributed by atoms with Gasteiger partial charge < -0.3 is 9.84 Å². The first-order valence-electron chi connectivity index (χ1n) is 11.2. The van der Waals surface area contributed by atoms with Crippen LogP contribution in [0.25, 0.3) is 28.2 Å². The lowest BCUT2D eigenvalue weighted by atomic mass is 10.0. The van der Waals surface area contributed by atoms with E-state index < -0.39 is 5.97 Å². The van der Waals surface area contributed by atoms with E-state index in [4.69, 9.17) is 27.9 Å².